The summed E-state index contributed by atoms with van der Waals surface area (Å²) < 4.78 is 16.6. The molecule has 7 heteroatoms. The molecule has 1 amide bonds. The molecule has 7 nitrogen and oxygen atoms in total. The van der Waals surface area contributed by atoms with Crippen molar-refractivity contribution < 1.29 is 18.7 Å². The Morgan fingerprint density at radius 2 is 1.67 bits per heavy atom. The van der Waals surface area contributed by atoms with E-state index in [1.165, 1.54) is 6.26 Å². The number of ether oxygens (including phenoxy) is 2. The molecule has 0 saturated carbocycles. The molecule has 0 aliphatic carbocycles. The molecule has 186 valence electrons. The maximum absolute atomic E-state index is 12.8. The van der Waals surface area contributed by atoms with Crippen LogP contribution in [0.2, 0.25) is 0 Å². The van der Waals surface area contributed by atoms with Gasteiger partial charge >= 0.3 is 0 Å². The van der Waals surface area contributed by atoms with Gasteiger partial charge in [-0.25, -0.2) is 4.98 Å². The minimum atomic E-state index is -0.271. The molecule has 0 radical (unpaired) electrons. The number of nitrogens with one attached hydrogen (secondary N) is 1. The second-order valence-electron chi connectivity index (χ2n) is 8.54. The van der Waals surface area contributed by atoms with Gasteiger partial charge in [-0.2, -0.15) is 0 Å². The molecule has 0 saturated heterocycles. The van der Waals surface area contributed by atoms with Crippen LogP contribution in [0.15, 0.2) is 89.5 Å². The highest BCUT2D eigenvalue weighted by molar-refractivity contribution is 5.92. The molecule has 0 aliphatic heterocycles. The van der Waals surface area contributed by atoms with E-state index in [1.807, 2.05) is 73.7 Å². The summed E-state index contributed by atoms with van der Waals surface area (Å²) in [5.74, 6) is 1.68. The van der Waals surface area contributed by atoms with Gasteiger partial charge in [0.05, 0.1) is 26.8 Å². The third kappa shape index (κ3) is 6.52. The first-order valence-electron chi connectivity index (χ1n) is 11.8. The van der Waals surface area contributed by atoms with Crippen LogP contribution in [-0.4, -0.2) is 30.0 Å². The summed E-state index contributed by atoms with van der Waals surface area (Å²) in [7, 11) is 3.28. The fraction of sp³-hybridized carbons (Fsp3) is 0.241. The number of carbonyl (C=O) groups excluding carboxylic acids is 1. The van der Waals surface area contributed by atoms with Crippen molar-refractivity contribution in [2.24, 2.45) is 0 Å². The summed E-state index contributed by atoms with van der Waals surface area (Å²) in [6.45, 7) is 3.63. The van der Waals surface area contributed by atoms with Crippen LogP contribution in [0.25, 0.3) is 0 Å². The molecule has 0 aliphatic rings. The van der Waals surface area contributed by atoms with E-state index in [1.54, 1.807) is 14.2 Å². The first-order valence-corrected chi connectivity index (χ1v) is 11.8. The Bertz CT molecular complexity index is 1260. The van der Waals surface area contributed by atoms with E-state index < -0.39 is 0 Å². The molecule has 0 fully saturated rings. The average Bonchev–Trinajstić information content (AvgIpc) is 3.38. The molecular formula is C29H31N3O4. The maximum Gasteiger partial charge on any atom is 0.273 e. The molecular weight excluding hydrogens is 454 g/mol. The highest BCUT2D eigenvalue weighted by Gasteiger charge is 2.19. The van der Waals surface area contributed by atoms with Crippen LogP contribution in [0.4, 0.5) is 0 Å². The number of benzene rings is 3. The lowest BCUT2D eigenvalue weighted by Crippen LogP contribution is -2.27. The molecule has 4 aromatic rings. The normalized spacial score (nSPS) is 11.8. The maximum atomic E-state index is 12.8. The Kier molecular flexibility index (Phi) is 8.36. The minimum absolute atomic E-state index is 0.143. The predicted molar refractivity (Wildman–Crippen MR) is 138 cm³/mol. The summed E-state index contributed by atoms with van der Waals surface area (Å²) in [5, 5.41) is 2.98. The van der Waals surface area contributed by atoms with Crippen molar-refractivity contribution in [1.82, 2.24) is 15.2 Å². The fourth-order valence-electron chi connectivity index (χ4n) is 4.01. The molecule has 4 rings (SSSR count). The molecule has 1 atom stereocenters. The van der Waals surface area contributed by atoms with Gasteiger partial charge in [-0.3, -0.25) is 9.69 Å². The Labute approximate surface area is 211 Å². The third-order valence-electron chi connectivity index (χ3n) is 5.93. The Hall–Kier alpha value is -4.10. The summed E-state index contributed by atoms with van der Waals surface area (Å²) in [6, 6.07) is 25.6. The number of hydrogen-bond donors (Lipinski definition) is 1. The quantitative estimate of drug-likeness (QED) is 0.307. The standard InChI is InChI=1S/C29H31N3O4/c1-21(23-12-8-5-9-13-23)30-29(33)26-20-36-28(31-26)19-32(17-22-10-6-4-7-11-22)18-24-14-15-25(34-2)16-27(24)35-3/h4-16,20-21H,17-19H2,1-3H3,(H,30,33). The van der Waals surface area contributed by atoms with Crippen LogP contribution in [0.1, 0.15) is 46.0 Å². The van der Waals surface area contributed by atoms with Crippen molar-refractivity contribution in [2.45, 2.75) is 32.6 Å². The monoisotopic (exact) mass is 485 g/mol. The number of carbonyl (C=O) groups is 1. The molecule has 0 spiro atoms. The number of hydrogen-bond acceptors (Lipinski definition) is 6. The molecule has 36 heavy (non-hydrogen) atoms. The second-order valence-corrected chi connectivity index (χ2v) is 8.54. The van der Waals surface area contributed by atoms with E-state index in [0.717, 1.165) is 28.2 Å². The van der Waals surface area contributed by atoms with E-state index >= 15 is 0 Å². The number of methoxy groups -OCH3 is 2. The third-order valence-corrected chi connectivity index (χ3v) is 5.93. The molecule has 1 unspecified atom stereocenters. The van der Waals surface area contributed by atoms with Gasteiger partial charge in [-0.05, 0) is 24.1 Å². The second kappa shape index (κ2) is 12.0. The van der Waals surface area contributed by atoms with Crippen molar-refractivity contribution >= 4 is 5.91 Å². The SMILES string of the molecule is COc1ccc(CN(Cc2ccccc2)Cc2nc(C(=O)NC(C)c3ccccc3)co2)c(OC)c1. The smallest absolute Gasteiger partial charge is 0.273 e. The van der Waals surface area contributed by atoms with Gasteiger partial charge in [0, 0.05) is 24.7 Å². The summed E-state index contributed by atoms with van der Waals surface area (Å²) in [6.07, 6.45) is 1.41. The van der Waals surface area contributed by atoms with Crippen LogP contribution in [0, 0.1) is 0 Å². The van der Waals surface area contributed by atoms with Gasteiger partial charge in [0.1, 0.15) is 17.8 Å². The summed E-state index contributed by atoms with van der Waals surface area (Å²) >= 11 is 0. The molecule has 1 aromatic heterocycles. The van der Waals surface area contributed by atoms with E-state index in [4.69, 9.17) is 13.9 Å². The van der Waals surface area contributed by atoms with Crippen molar-refractivity contribution in [3.8, 4) is 11.5 Å². The largest absolute Gasteiger partial charge is 0.497 e. The van der Waals surface area contributed by atoms with E-state index in [2.05, 4.69) is 27.3 Å². The van der Waals surface area contributed by atoms with Crippen LogP contribution in [0.3, 0.4) is 0 Å². The number of amides is 1. The number of oxazole rings is 1. The number of rotatable bonds is 11. The lowest BCUT2D eigenvalue weighted by Gasteiger charge is -2.22. The zero-order chi connectivity index (χ0) is 25.3. The van der Waals surface area contributed by atoms with E-state index in [9.17, 15) is 4.79 Å². The van der Waals surface area contributed by atoms with Gasteiger partial charge in [0.15, 0.2) is 5.69 Å². The molecule has 1 heterocycles. The Balaban J connectivity index is 1.49. The topological polar surface area (TPSA) is 76.8 Å². The van der Waals surface area contributed by atoms with Gasteiger partial charge in [0.2, 0.25) is 5.89 Å². The Morgan fingerprint density at radius 3 is 2.36 bits per heavy atom. The summed E-state index contributed by atoms with van der Waals surface area (Å²) in [4.78, 5) is 19.5. The summed E-state index contributed by atoms with van der Waals surface area (Å²) in [5.41, 5.74) is 3.45. The number of aromatic nitrogens is 1. The van der Waals surface area contributed by atoms with E-state index in [0.29, 0.717) is 25.5 Å². The fourth-order valence-corrected chi connectivity index (χ4v) is 4.01. The van der Waals surface area contributed by atoms with Gasteiger partial charge in [-0.1, -0.05) is 66.7 Å². The van der Waals surface area contributed by atoms with Crippen LogP contribution < -0.4 is 14.8 Å². The van der Waals surface area contributed by atoms with Crippen molar-refractivity contribution in [2.75, 3.05) is 14.2 Å². The average molecular weight is 486 g/mol. The molecule has 1 N–H and O–H groups in total. The van der Waals surface area contributed by atoms with Gasteiger partial charge < -0.3 is 19.2 Å². The zero-order valence-electron chi connectivity index (χ0n) is 20.8. The first-order chi connectivity index (χ1) is 17.6. The number of nitrogens with zero attached hydrogens (tertiary/aromatic N) is 2. The minimum Gasteiger partial charge on any atom is -0.497 e. The van der Waals surface area contributed by atoms with Crippen molar-refractivity contribution in [3.05, 3.63) is 113 Å². The predicted octanol–water partition coefficient (Wildman–Crippen LogP) is 5.39. The van der Waals surface area contributed by atoms with Gasteiger partial charge in [0.25, 0.3) is 5.91 Å². The van der Waals surface area contributed by atoms with Crippen LogP contribution >= 0.6 is 0 Å². The first kappa shape index (κ1) is 25.0. The lowest BCUT2D eigenvalue weighted by atomic mass is 10.1. The Morgan fingerprint density at radius 1 is 0.944 bits per heavy atom. The van der Waals surface area contributed by atoms with E-state index in [-0.39, 0.29) is 17.6 Å². The van der Waals surface area contributed by atoms with Crippen LogP contribution in [0.5, 0.6) is 11.5 Å². The zero-order valence-corrected chi connectivity index (χ0v) is 20.8. The van der Waals surface area contributed by atoms with Crippen LogP contribution in [-0.2, 0) is 19.6 Å². The lowest BCUT2D eigenvalue weighted by molar-refractivity contribution is 0.0934. The highest BCUT2D eigenvalue weighted by Crippen LogP contribution is 2.27. The van der Waals surface area contributed by atoms with Crippen molar-refractivity contribution in [3.63, 3.8) is 0 Å². The van der Waals surface area contributed by atoms with Gasteiger partial charge in [-0.15, -0.1) is 0 Å². The highest BCUT2D eigenvalue weighted by atomic mass is 16.5. The molecule has 0 bridgehead atoms. The molecule has 3 aromatic carbocycles. The van der Waals surface area contributed by atoms with Crippen molar-refractivity contribution in [1.29, 1.82) is 0 Å².